The minimum Gasteiger partial charge on any atom is -0.313 e. The van der Waals surface area contributed by atoms with Crippen LogP contribution < -0.4 is 11.3 Å². The number of nitrogens with two attached hydrogens (primary N) is 1. The molecule has 0 spiro atoms. The highest BCUT2D eigenvalue weighted by molar-refractivity contribution is 7.10. The summed E-state index contributed by atoms with van der Waals surface area (Å²) in [6, 6.07) is 0. The summed E-state index contributed by atoms with van der Waals surface area (Å²) >= 11 is 1.09. The quantitative estimate of drug-likeness (QED) is 0.434. The molecule has 1 fully saturated rings. The number of carbonyl (C=O) groups is 2. The van der Waals surface area contributed by atoms with Gasteiger partial charge in [-0.15, -0.1) is 5.10 Å². The Morgan fingerprint density at radius 1 is 1.38 bits per heavy atom. The molecule has 2 heterocycles. The maximum Gasteiger partial charge on any atom is 0.229 e. The van der Waals surface area contributed by atoms with Gasteiger partial charge in [0, 0.05) is 24.4 Å². The van der Waals surface area contributed by atoms with Crippen LogP contribution in [0.25, 0.3) is 0 Å². The van der Waals surface area contributed by atoms with Crippen molar-refractivity contribution < 1.29 is 9.59 Å². The van der Waals surface area contributed by atoms with Gasteiger partial charge in [-0.1, -0.05) is 4.49 Å². The number of amides is 2. The lowest BCUT2D eigenvalue weighted by Crippen LogP contribution is -2.39. The maximum absolute atomic E-state index is 11.5. The minimum absolute atomic E-state index is 0.147. The second-order valence-electron chi connectivity index (χ2n) is 3.42. The van der Waals surface area contributed by atoms with E-state index in [1.165, 1.54) is 4.90 Å². The Morgan fingerprint density at radius 3 is 2.69 bits per heavy atom. The Kier molecular flexibility index (Phi) is 3.11. The van der Waals surface area contributed by atoms with E-state index in [9.17, 15) is 9.59 Å². The number of nitrogen functional groups attached to an aromatic ring is 1. The molecule has 0 unspecified atom stereocenters. The van der Waals surface area contributed by atoms with Crippen molar-refractivity contribution >= 4 is 28.3 Å². The molecule has 16 heavy (non-hydrogen) atoms. The average molecular weight is 241 g/mol. The number of anilines is 1. The summed E-state index contributed by atoms with van der Waals surface area (Å²) in [5, 5.41) is 4.41. The molecule has 0 radical (unpaired) electrons. The third-order valence-electron chi connectivity index (χ3n) is 2.38. The molecule has 3 N–H and O–H groups in total. The number of hydrogen-bond acceptors (Lipinski definition) is 7. The zero-order valence-electron chi connectivity index (χ0n) is 8.47. The van der Waals surface area contributed by atoms with Crippen molar-refractivity contribution in [2.24, 2.45) is 5.84 Å². The first-order chi connectivity index (χ1) is 7.72. The van der Waals surface area contributed by atoms with E-state index in [0.29, 0.717) is 30.0 Å². The van der Waals surface area contributed by atoms with E-state index in [2.05, 4.69) is 15.0 Å². The Hall–Kier alpha value is -1.54. The van der Waals surface area contributed by atoms with E-state index < -0.39 is 0 Å². The highest BCUT2D eigenvalue weighted by Crippen LogP contribution is 2.21. The average Bonchev–Trinajstić information content (AvgIpc) is 2.71. The SMILES string of the molecule is NNc1snnc1CN1C(=O)CCCC1=O. The molecule has 0 bridgehead atoms. The topological polar surface area (TPSA) is 101 Å². The summed E-state index contributed by atoms with van der Waals surface area (Å²) in [7, 11) is 0. The van der Waals surface area contributed by atoms with Crippen LogP contribution in [0.1, 0.15) is 25.0 Å². The van der Waals surface area contributed by atoms with Gasteiger partial charge in [-0.05, 0) is 6.42 Å². The van der Waals surface area contributed by atoms with Gasteiger partial charge in [-0.2, -0.15) is 0 Å². The summed E-state index contributed by atoms with van der Waals surface area (Å²) in [4.78, 5) is 24.3. The van der Waals surface area contributed by atoms with Crippen LogP contribution in [0.3, 0.4) is 0 Å². The van der Waals surface area contributed by atoms with E-state index in [4.69, 9.17) is 5.84 Å². The number of rotatable bonds is 3. The van der Waals surface area contributed by atoms with Gasteiger partial charge >= 0.3 is 0 Å². The Balaban J connectivity index is 2.13. The molecule has 2 rings (SSSR count). The summed E-state index contributed by atoms with van der Waals surface area (Å²) < 4.78 is 3.71. The number of imide groups is 1. The zero-order valence-corrected chi connectivity index (χ0v) is 9.29. The number of hydrazine groups is 1. The van der Waals surface area contributed by atoms with Crippen molar-refractivity contribution in [3.8, 4) is 0 Å². The molecule has 0 saturated carbocycles. The van der Waals surface area contributed by atoms with Gasteiger partial charge in [0.1, 0.15) is 10.7 Å². The van der Waals surface area contributed by atoms with E-state index in [1.54, 1.807) is 0 Å². The summed E-state index contributed by atoms with van der Waals surface area (Å²) in [5.41, 5.74) is 2.96. The van der Waals surface area contributed by atoms with Crippen molar-refractivity contribution in [1.82, 2.24) is 14.5 Å². The summed E-state index contributed by atoms with van der Waals surface area (Å²) in [6.07, 6.45) is 1.45. The van der Waals surface area contributed by atoms with Gasteiger partial charge in [0.25, 0.3) is 0 Å². The van der Waals surface area contributed by atoms with Crippen molar-refractivity contribution in [1.29, 1.82) is 0 Å². The number of nitrogens with one attached hydrogen (secondary N) is 1. The lowest BCUT2D eigenvalue weighted by Gasteiger charge is -2.23. The van der Waals surface area contributed by atoms with Crippen molar-refractivity contribution in [3.63, 3.8) is 0 Å². The Bertz CT molecular complexity index is 402. The second kappa shape index (κ2) is 4.54. The number of aromatic nitrogens is 2. The predicted octanol–water partition coefficient (Wildman–Crippen LogP) is -0.137. The van der Waals surface area contributed by atoms with Crippen molar-refractivity contribution in [2.75, 3.05) is 5.43 Å². The molecule has 2 amide bonds. The Labute approximate surface area is 95.7 Å². The number of carbonyl (C=O) groups excluding carboxylic acids is 2. The molecule has 1 aromatic rings. The fourth-order valence-corrected chi connectivity index (χ4v) is 2.03. The van der Waals surface area contributed by atoms with Crippen LogP contribution in [0.15, 0.2) is 0 Å². The van der Waals surface area contributed by atoms with Gasteiger partial charge < -0.3 is 5.43 Å². The van der Waals surface area contributed by atoms with Gasteiger partial charge in [0.2, 0.25) is 11.8 Å². The lowest BCUT2D eigenvalue weighted by atomic mass is 10.1. The van der Waals surface area contributed by atoms with Crippen LogP contribution in [0.2, 0.25) is 0 Å². The van der Waals surface area contributed by atoms with Crippen LogP contribution in [-0.2, 0) is 16.1 Å². The van der Waals surface area contributed by atoms with Crippen LogP contribution >= 0.6 is 11.5 Å². The molecule has 1 aliphatic heterocycles. The van der Waals surface area contributed by atoms with Gasteiger partial charge in [0.15, 0.2) is 0 Å². The third-order valence-corrected chi connectivity index (χ3v) is 3.08. The first-order valence-corrected chi connectivity index (χ1v) is 5.60. The highest BCUT2D eigenvalue weighted by atomic mass is 32.1. The van der Waals surface area contributed by atoms with E-state index >= 15 is 0 Å². The molecule has 0 atom stereocenters. The first-order valence-electron chi connectivity index (χ1n) is 4.83. The molecular weight excluding hydrogens is 230 g/mol. The highest BCUT2D eigenvalue weighted by Gasteiger charge is 2.27. The summed E-state index contributed by atoms with van der Waals surface area (Å²) in [6.45, 7) is 0.147. The number of hydrogen-bond donors (Lipinski definition) is 2. The molecule has 1 saturated heterocycles. The smallest absolute Gasteiger partial charge is 0.229 e. The fourth-order valence-electron chi connectivity index (χ4n) is 1.55. The fraction of sp³-hybridized carbons (Fsp3) is 0.500. The van der Waals surface area contributed by atoms with Crippen LogP contribution in [0, 0.1) is 0 Å². The third kappa shape index (κ3) is 2.02. The lowest BCUT2D eigenvalue weighted by molar-refractivity contribution is -0.148. The van der Waals surface area contributed by atoms with Crippen LogP contribution in [0.4, 0.5) is 5.00 Å². The molecule has 1 aromatic heterocycles. The van der Waals surface area contributed by atoms with Crippen molar-refractivity contribution in [2.45, 2.75) is 25.8 Å². The van der Waals surface area contributed by atoms with Gasteiger partial charge in [0.05, 0.1) is 6.54 Å². The standard InChI is InChI=1S/C8H11N5O2S/c9-10-8-5(11-12-16-8)4-13-6(14)2-1-3-7(13)15/h10H,1-4,9H2. The monoisotopic (exact) mass is 241 g/mol. The Morgan fingerprint density at radius 2 is 2.06 bits per heavy atom. The largest absolute Gasteiger partial charge is 0.313 e. The molecular formula is C8H11N5O2S. The molecule has 0 aliphatic carbocycles. The van der Waals surface area contributed by atoms with E-state index in [-0.39, 0.29) is 18.4 Å². The molecule has 0 aromatic carbocycles. The van der Waals surface area contributed by atoms with E-state index in [0.717, 1.165) is 11.5 Å². The molecule has 86 valence electrons. The van der Waals surface area contributed by atoms with Crippen LogP contribution in [-0.4, -0.2) is 26.3 Å². The number of nitrogens with zero attached hydrogens (tertiary/aromatic N) is 3. The first kappa shape index (κ1) is 11.0. The normalized spacial score (nSPS) is 16.7. The maximum atomic E-state index is 11.5. The van der Waals surface area contributed by atoms with E-state index in [1.807, 2.05) is 0 Å². The molecule has 8 heteroatoms. The molecule has 1 aliphatic rings. The van der Waals surface area contributed by atoms with Gasteiger partial charge in [-0.3, -0.25) is 14.5 Å². The van der Waals surface area contributed by atoms with Gasteiger partial charge in [-0.25, -0.2) is 5.84 Å². The molecule has 7 nitrogen and oxygen atoms in total. The second-order valence-corrected chi connectivity index (χ2v) is 4.17. The number of piperidine rings is 1. The van der Waals surface area contributed by atoms with Crippen molar-refractivity contribution in [3.05, 3.63) is 5.69 Å². The summed E-state index contributed by atoms with van der Waals surface area (Å²) in [5.74, 6) is 4.94. The van der Waals surface area contributed by atoms with Crippen LogP contribution in [0.5, 0.6) is 0 Å². The minimum atomic E-state index is -0.160. The zero-order chi connectivity index (χ0) is 11.5. The predicted molar refractivity (Wildman–Crippen MR) is 57.1 cm³/mol. The number of likely N-dealkylation sites (tertiary alicyclic amines) is 1.